The maximum absolute atomic E-state index is 13.0. The molecule has 2 unspecified atom stereocenters. The first-order chi connectivity index (χ1) is 10.6. The topological polar surface area (TPSA) is 38.1 Å². The number of hydrogen-bond donors (Lipinski definition) is 0. The monoisotopic (exact) mass is 297 g/mol. The lowest BCUT2D eigenvalue weighted by atomic mass is 9.96. The highest BCUT2D eigenvalue weighted by Gasteiger charge is 2.31. The summed E-state index contributed by atoms with van der Waals surface area (Å²) in [6, 6.07) is 10.5. The van der Waals surface area contributed by atoms with Crippen molar-refractivity contribution in [2.75, 3.05) is 0 Å². The van der Waals surface area contributed by atoms with E-state index in [4.69, 9.17) is 0 Å². The van der Waals surface area contributed by atoms with Gasteiger partial charge in [0.2, 0.25) is 0 Å². The Morgan fingerprint density at radius 2 is 1.77 bits per heavy atom. The Labute approximate surface area is 131 Å². The molecule has 1 aliphatic heterocycles. The molecule has 4 nitrogen and oxygen atoms in total. The van der Waals surface area contributed by atoms with Gasteiger partial charge < -0.3 is 4.90 Å². The molecule has 0 spiro atoms. The van der Waals surface area contributed by atoms with E-state index in [0.29, 0.717) is 17.6 Å². The Hall–Kier alpha value is -2.10. The first-order valence-electron chi connectivity index (χ1n) is 8.02. The third kappa shape index (κ3) is 2.54. The summed E-state index contributed by atoms with van der Waals surface area (Å²) in [6.45, 7) is 6.25. The van der Waals surface area contributed by atoms with Crippen LogP contribution in [0.1, 0.15) is 49.2 Å². The highest BCUT2D eigenvalue weighted by atomic mass is 16.2. The Morgan fingerprint density at radius 1 is 1.14 bits per heavy atom. The van der Waals surface area contributed by atoms with E-state index in [0.717, 1.165) is 24.2 Å². The van der Waals surface area contributed by atoms with Gasteiger partial charge in [-0.25, -0.2) is 4.68 Å². The molecule has 2 atom stereocenters. The van der Waals surface area contributed by atoms with Crippen LogP contribution in [0, 0.1) is 6.92 Å². The van der Waals surface area contributed by atoms with Gasteiger partial charge in [0.05, 0.1) is 23.1 Å². The van der Waals surface area contributed by atoms with Gasteiger partial charge in [0.1, 0.15) is 0 Å². The normalized spacial score (nSPS) is 21.9. The average Bonchev–Trinajstić information content (AvgIpc) is 2.89. The minimum Gasteiger partial charge on any atom is -0.333 e. The highest BCUT2D eigenvalue weighted by Crippen LogP contribution is 2.26. The summed E-state index contributed by atoms with van der Waals surface area (Å²) >= 11 is 0. The second kappa shape index (κ2) is 5.95. The molecule has 0 radical (unpaired) electrons. The van der Waals surface area contributed by atoms with Gasteiger partial charge in [0, 0.05) is 12.1 Å². The Bertz CT molecular complexity index is 652. The molecule has 3 rings (SSSR count). The molecule has 2 aromatic rings. The zero-order valence-electron chi connectivity index (χ0n) is 13.5. The van der Waals surface area contributed by atoms with Crippen LogP contribution in [0.5, 0.6) is 0 Å². The zero-order valence-corrected chi connectivity index (χ0v) is 13.5. The van der Waals surface area contributed by atoms with E-state index in [-0.39, 0.29) is 5.91 Å². The summed E-state index contributed by atoms with van der Waals surface area (Å²) in [6.07, 6.45) is 5.08. The van der Waals surface area contributed by atoms with Crippen molar-refractivity contribution in [3.63, 3.8) is 0 Å². The molecule has 1 amide bonds. The van der Waals surface area contributed by atoms with Crippen LogP contribution in [-0.4, -0.2) is 32.7 Å². The lowest BCUT2D eigenvalue weighted by Crippen LogP contribution is -2.47. The molecule has 1 saturated heterocycles. The van der Waals surface area contributed by atoms with Crippen molar-refractivity contribution in [2.45, 2.75) is 52.1 Å². The van der Waals surface area contributed by atoms with Gasteiger partial charge in [0.15, 0.2) is 0 Å². The highest BCUT2D eigenvalue weighted by molar-refractivity contribution is 5.95. The molecule has 116 valence electrons. The van der Waals surface area contributed by atoms with Gasteiger partial charge in [0.25, 0.3) is 5.91 Å². The molecular formula is C18H23N3O. The molecule has 0 aliphatic carbocycles. The lowest BCUT2D eigenvalue weighted by Gasteiger charge is -2.39. The molecule has 1 aromatic heterocycles. The number of para-hydroxylation sites is 1. The van der Waals surface area contributed by atoms with Crippen molar-refractivity contribution < 1.29 is 4.79 Å². The number of likely N-dealkylation sites (tertiary alicyclic amines) is 1. The predicted molar refractivity (Wildman–Crippen MR) is 87.2 cm³/mol. The predicted octanol–water partition coefficient (Wildman–Crippen LogP) is 3.58. The van der Waals surface area contributed by atoms with Crippen molar-refractivity contribution in [2.24, 2.45) is 0 Å². The van der Waals surface area contributed by atoms with Crippen molar-refractivity contribution in [3.8, 4) is 5.69 Å². The first-order valence-corrected chi connectivity index (χ1v) is 8.02. The third-order valence-electron chi connectivity index (χ3n) is 4.67. The number of rotatable bonds is 2. The molecule has 0 N–H and O–H groups in total. The summed E-state index contributed by atoms with van der Waals surface area (Å²) in [7, 11) is 0. The minimum absolute atomic E-state index is 0.111. The number of carbonyl (C=O) groups is 1. The van der Waals surface area contributed by atoms with Crippen LogP contribution in [0.25, 0.3) is 5.69 Å². The van der Waals surface area contributed by atoms with Crippen molar-refractivity contribution in [1.82, 2.24) is 14.7 Å². The maximum atomic E-state index is 13.0. The zero-order chi connectivity index (χ0) is 15.7. The number of nitrogens with zero attached hydrogens (tertiary/aromatic N) is 3. The van der Waals surface area contributed by atoms with Crippen molar-refractivity contribution in [3.05, 3.63) is 47.8 Å². The van der Waals surface area contributed by atoms with Gasteiger partial charge in [-0.15, -0.1) is 0 Å². The number of benzene rings is 1. The lowest BCUT2D eigenvalue weighted by molar-refractivity contribution is 0.0510. The molecule has 1 fully saturated rings. The molecular weight excluding hydrogens is 274 g/mol. The molecule has 1 aliphatic rings. The number of carbonyl (C=O) groups excluding carboxylic acids is 1. The van der Waals surface area contributed by atoms with Gasteiger partial charge in [-0.2, -0.15) is 5.10 Å². The standard InChI is InChI=1S/C18H23N3O/c1-13-8-7-9-14(2)20(13)18(22)17-12-19-21(15(17)3)16-10-5-4-6-11-16/h4-6,10-14H,7-9H2,1-3H3. The second-order valence-electron chi connectivity index (χ2n) is 6.23. The fraction of sp³-hybridized carbons (Fsp3) is 0.444. The minimum atomic E-state index is 0.111. The Morgan fingerprint density at radius 3 is 2.41 bits per heavy atom. The van der Waals surface area contributed by atoms with Crippen LogP contribution < -0.4 is 0 Å². The van der Waals surface area contributed by atoms with Gasteiger partial charge >= 0.3 is 0 Å². The number of piperidine rings is 1. The Kier molecular flexibility index (Phi) is 4.01. The summed E-state index contributed by atoms with van der Waals surface area (Å²) in [5.41, 5.74) is 2.60. The molecule has 22 heavy (non-hydrogen) atoms. The smallest absolute Gasteiger partial charge is 0.257 e. The van der Waals surface area contributed by atoms with Gasteiger partial charge in [-0.3, -0.25) is 4.79 Å². The van der Waals surface area contributed by atoms with E-state index in [1.54, 1.807) is 6.20 Å². The van der Waals surface area contributed by atoms with Crippen LogP contribution in [-0.2, 0) is 0 Å². The van der Waals surface area contributed by atoms with E-state index in [1.165, 1.54) is 6.42 Å². The fourth-order valence-electron chi connectivity index (χ4n) is 3.41. The molecule has 4 heteroatoms. The van der Waals surface area contributed by atoms with Crippen LogP contribution >= 0.6 is 0 Å². The fourth-order valence-corrected chi connectivity index (χ4v) is 3.41. The Balaban J connectivity index is 1.92. The number of aromatic nitrogens is 2. The van der Waals surface area contributed by atoms with Gasteiger partial charge in [-0.1, -0.05) is 18.2 Å². The van der Waals surface area contributed by atoms with E-state index < -0.39 is 0 Å². The van der Waals surface area contributed by atoms with E-state index >= 15 is 0 Å². The average molecular weight is 297 g/mol. The summed E-state index contributed by atoms with van der Waals surface area (Å²) in [5.74, 6) is 0.111. The maximum Gasteiger partial charge on any atom is 0.257 e. The van der Waals surface area contributed by atoms with Crippen molar-refractivity contribution in [1.29, 1.82) is 0 Å². The summed E-state index contributed by atoms with van der Waals surface area (Å²) in [5, 5.41) is 4.42. The van der Waals surface area contributed by atoms with Crippen LogP contribution in [0.15, 0.2) is 36.5 Å². The van der Waals surface area contributed by atoms with Crippen molar-refractivity contribution >= 4 is 5.91 Å². The van der Waals surface area contributed by atoms with E-state index in [2.05, 4.69) is 18.9 Å². The SMILES string of the molecule is Cc1c(C(=O)N2C(C)CCCC2C)cnn1-c1ccccc1. The summed E-state index contributed by atoms with van der Waals surface area (Å²) in [4.78, 5) is 15.0. The largest absolute Gasteiger partial charge is 0.333 e. The molecule has 1 aromatic carbocycles. The van der Waals surface area contributed by atoms with E-state index in [9.17, 15) is 4.79 Å². The summed E-state index contributed by atoms with van der Waals surface area (Å²) < 4.78 is 1.84. The third-order valence-corrected chi connectivity index (χ3v) is 4.67. The van der Waals surface area contributed by atoms with Crippen LogP contribution in [0.4, 0.5) is 0 Å². The molecule has 0 bridgehead atoms. The first kappa shape index (κ1) is 14.8. The second-order valence-corrected chi connectivity index (χ2v) is 6.23. The number of hydrogen-bond acceptors (Lipinski definition) is 2. The molecule has 0 saturated carbocycles. The van der Waals surface area contributed by atoms with Crippen LogP contribution in [0.2, 0.25) is 0 Å². The van der Waals surface area contributed by atoms with E-state index in [1.807, 2.05) is 46.8 Å². The quantitative estimate of drug-likeness (QED) is 0.849. The van der Waals surface area contributed by atoms with Gasteiger partial charge in [-0.05, 0) is 52.2 Å². The number of amides is 1. The van der Waals surface area contributed by atoms with Crippen LogP contribution in [0.3, 0.4) is 0 Å². The molecule has 2 heterocycles.